The first kappa shape index (κ1) is 21.8. The third-order valence-corrected chi connectivity index (χ3v) is 6.47. The number of hydrogen-bond donors (Lipinski definition) is 1. The van der Waals surface area contributed by atoms with Gasteiger partial charge in [0.2, 0.25) is 0 Å². The van der Waals surface area contributed by atoms with Crippen molar-refractivity contribution < 1.29 is 9.53 Å². The van der Waals surface area contributed by atoms with Crippen LogP contribution in [0.2, 0.25) is 5.02 Å². The van der Waals surface area contributed by atoms with Crippen LogP contribution in [0.4, 0.5) is 10.5 Å². The second kappa shape index (κ2) is 10.2. The molecular formula is C24H31ClN4O2. The number of ether oxygens (including phenoxy) is 1. The molecule has 7 heteroatoms. The molecule has 4 rings (SSSR count). The molecule has 6 nitrogen and oxygen atoms in total. The Morgan fingerprint density at radius 1 is 1.03 bits per heavy atom. The largest absolute Gasteiger partial charge is 0.495 e. The van der Waals surface area contributed by atoms with Crippen LogP contribution in [0.15, 0.2) is 48.5 Å². The number of piperazine rings is 1. The first-order valence-electron chi connectivity index (χ1n) is 11.1. The molecule has 2 aliphatic rings. The maximum Gasteiger partial charge on any atom is 0.318 e. The fourth-order valence-corrected chi connectivity index (χ4v) is 4.73. The molecule has 2 saturated heterocycles. The Morgan fingerprint density at radius 2 is 1.81 bits per heavy atom. The smallest absolute Gasteiger partial charge is 0.318 e. The van der Waals surface area contributed by atoms with Crippen LogP contribution in [0, 0.1) is 0 Å². The highest BCUT2D eigenvalue weighted by Gasteiger charge is 2.31. The quantitative estimate of drug-likeness (QED) is 0.627. The zero-order valence-electron chi connectivity index (χ0n) is 18.1. The van der Waals surface area contributed by atoms with Gasteiger partial charge in [0.15, 0.2) is 0 Å². The molecule has 2 amide bonds. The number of hydrogen-bond acceptors (Lipinski definition) is 4. The third-order valence-electron chi connectivity index (χ3n) is 6.24. The number of unbranched alkanes of at least 4 members (excludes halogenated alkanes) is 1. The second-order valence-corrected chi connectivity index (χ2v) is 8.59. The number of nitrogens with zero attached hydrogens (tertiary/aromatic N) is 3. The molecule has 31 heavy (non-hydrogen) atoms. The fraction of sp³-hybridized carbons (Fsp3) is 0.458. The van der Waals surface area contributed by atoms with Gasteiger partial charge in [-0.2, -0.15) is 0 Å². The molecule has 1 atom stereocenters. The van der Waals surface area contributed by atoms with Crippen LogP contribution in [-0.2, 0) is 0 Å². The average molecular weight is 443 g/mol. The molecular weight excluding hydrogens is 412 g/mol. The number of methoxy groups -OCH3 is 1. The number of urea groups is 1. The predicted molar refractivity (Wildman–Crippen MR) is 125 cm³/mol. The van der Waals surface area contributed by atoms with Crippen LogP contribution in [0.25, 0.3) is 0 Å². The summed E-state index contributed by atoms with van der Waals surface area (Å²) in [7, 11) is 1.73. The van der Waals surface area contributed by atoms with E-state index in [1.165, 1.54) is 5.69 Å². The Morgan fingerprint density at radius 3 is 2.58 bits per heavy atom. The number of rotatable bonds is 8. The lowest BCUT2D eigenvalue weighted by molar-refractivity contribution is 0.199. The maximum absolute atomic E-state index is 12.3. The van der Waals surface area contributed by atoms with Crippen molar-refractivity contribution in [2.45, 2.75) is 18.9 Å². The summed E-state index contributed by atoms with van der Waals surface area (Å²) in [4.78, 5) is 19.2. The first-order valence-corrected chi connectivity index (χ1v) is 11.4. The predicted octanol–water partition coefficient (Wildman–Crippen LogP) is 4.02. The molecule has 1 N–H and O–H groups in total. The van der Waals surface area contributed by atoms with E-state index in [2.05, 4.69) is 27.2 Å². The zero-order chi connectivity index (χ0) is 21.6. The average Bonchev–Trinajstić information content (AvgIpc) is 3.17. The summed E-state index contributed by atoms with van der Waals surface area (Å²) >= 11 is 6.15. The molecule has 0 aliphatic carbocycles. The lowest BCUT2D eigenvalue weighted by Gasteiger charge is -2.36. The highest BCUT2D eigenvalue weighted by atomic mass is 35.5. The van der Waals surface area contributed by atoms with E-state index in [0.717, 1.165) is 63.4 Å². The number of carbonyl (C=O) groups excluding carboxylic acids is 1. The second-order valence-electron chi connectivity index (χ2n) is 8.16. The minimum absolute atomic E-state index is 0.0235. The van der Waals surface area contributed by atoms with E-state index in [4.69, 9.17) is 16.3 Å². The van der Waals surface area contributed by atoms with Crippen molar-refractivity contribution in [3.8, 4) is 5.75 Å². The van der Waals surface area contributed by atoms with Gasteiger partial charge in [-0.3, -0.25) is 4.90 Å². The molecule has 2 aromatic carbocycles. The van der Waals surface area contributed by atoms with Gasteiger partial charge in [-0.15, -0.1) is 0 Å². The lowest BCUT2D eigenvalue weighted by atomic mass is 10.1. The van der Waals surface area contributed by atoms with Gasteiger partial charge in [-0.25, -0.2) is 4.79 Å². The fourth-order valence-electron chi connectivity index (χ4n) is 4.53. The first-order chi connectivity index (χ1) is 15.2. The number of carbonyl (C=O) groups is 1. The molecule has 0 radical (unpaired) electrons. The van der Waals surface area contributed by atoms with Gasteiger partial charge in [0.1, 0.15) is 5.75 Å². The van der Waals surface area contributed by atoms with E-state index in [9.17, 15) is 4.79 Å². The molecule has 2 aromatic rings. The minimum Gasteiger partial charge on any atom is -0.495 e. The zero-order valence-corrected chi connectivity index (χ0v) is 18.9. The summed E-state index contributed by atoms with van der Waals surface area (Å²) < 4.78 is 5.51. The van der Waals surface area contributed by atoms with Gasteiger partial charge in [0.05, 0.1) is 18.8 Å². The van der Waals surface area contributed by atoms with Crippen molar-refractivity contribution in [3.63, 3.8) is 0 Å². The highest BCUT2D eigenvalue weighted by molar-refractivity contribution is 6.30. The van der Waals surface area contributed by atoms with Gasteiger partial charge >= 0.3 is 6.03 Å². The molecule has 2 aliphatic heterocycles. The van der Waals surface area contributed by atoms with Crippen molar-refractivity contribution in [2.24, 2.45) is 0 Å². The van der Waals surface area contributed by atoms with Crippen molar-refractivity contribution in [1.82, 2.24) is 15.1 Å². The molecule has 0 aromatic heterocycles. The lowest BCUT2D eigenvalue weighted by Crippen LogP contribution is -2.46. The van der Waals surface area contributed by atoms with E-state index < -0.39 is 0 Å². The Bertz CT molecular complexity index is 885. The third kappa shape index (κ3) is 5.25. The minimum atomic E-state index is 0.0235. The Labute approximate surface area is 189 Å². The van der Waals surface area contributed by atoms with Crippen molar-refractivity contribution >= 4 is 23.3 Å². The standard InChI is InChI=1S/C24H31ClN4O2/c1-31-23-10-3-2-9-21(23)28-15-13-27(14-16-28)11-4-5-12-29-22(18-26-24(29)30)19-7-6-8-20(25)17-19/h2-3,6-10,17,22H,4-5,11-16,18H2,1H3,(H,26,30). The van der Waals surface area contributed by atoms with Crippen molar-refractivity contribution in [2.75, 3.05) is 57.8 Å². The summed E-state index contributed by atoms with van der Waals surface area (Å²) in [6.45, 7) is 6.59. The number of nitrogens with one attached hydrogen (secondary N) is 1. The molecule has 166 valence electrons. The van der Waals surface area contributed by atoms with E-state index in [1.807, 2.05) is 41.3 Å². The van der Waals surface area contributed by atoms with Crippen LogP contribution in [0.5, 0.6) is 5.75 Å². The van der Waals surface area contributed by atoms with Gasteiger partial charge in [0, 0.05) is 44.3 Å². The molecule has 0 spiro atoms. The summed E-state index contributed by atoms with van der Waals surface area (Å²) in [5.74, 6) is 0.939. The Kier molecular flexibility index (Phi) is 7.20. The summed E-state index contributed by atoms with van der Waals surface area (Å²) in [6.07, 6.45) is 2.08. The van der Waals surface area contributed by atoms with Gasteiger partial charge in [0.25, 0.3) is 0 Å². The van der Waals surface area contributed by atoms with E-state index >= 15 is 0 Å². The van der Waals surface area contributed by atoms with Crippen LogP contribution in [0.1, 0.15) is 24.4 Å². The number of halogens is 1. The molecule has 0 saturated carbocycles. The number of amides is 2. The molecule has 2 heterocycles. The van der Waals surface area contributed by atoms with Gasteiger partial charge in [-0.05, 0) is 49.2 Å². The van der Waals surface area contributed by atoms with Crippen molar-refractivity contribution in [3.05, 3.63) is 59.1 Å². The monoisotopic (exact) mass is 442 g/mol. The van der Waals surface area contributed by atoms with E-state index in [0.29, 0.717) is 11.6 Å². The summed E-state index contributed by atoms with van der Waals surface area (Å²) in [6, 6.07) is 16.1. The van der Waals surface area contributed by atoms with E-state index in [1.54, 1.807) is 7.11 Å². The number of para-hydroxylation sites is 2. The van der Waals surface area contributed by atoms with Crippen LogP contribution in [0.3, 0.4) is 0 Å². The van der Waals surface area contributed by atoms with Gasteiger partial charge in [-0.1, -0.05) is 35.9 Å². The van der Waals surface area contributed by atoms with Crippen LogP contribution in [-0.4, -0.2) is 68.8 Å². The summed E-state index contributed by atoms with van der Waals surface area (Å²) in [5.41, 5.74) is 2.27. The summed E-state index contributed by atoms with van der Waals surface area (Å²) in [5, 5.41) is 3.69. The molecule has 2 fully saturated rings. The van der Waals surface area contributed by atoms with E-state index in [-0.39, 0.29) is 12.1 Å². The molecule has 0 bridgehead atoms. The normalized spacial score (nSPS) is 19.5. The number of benzene rings is 2. The Balaban J connectivity index is 1.22. The Hall–Kier alpha value is -2.44. The SMILES string of the molecule is COc1ccccc1N1CCN(CCCCN2C(=O)NCC2c2cccc(Cl)c2)CC1. The van der Waals surface area contributed by atoms with Crippen molar-refractivity contribution in [1.29, 1.82) is 0 Å². The van der Waals surface area contributed by atoms with Crippen LogP contribution < -0.4 is 15.0 Å². The maximum atomic E-state index is 12.3. The highest BCUT2D eigenvalue weighted by Crippen LogP contribution is 2.29. The van der Waals surface area contributed by atoms with Gasteiger partial charge < -0.3 is 19.9 Å². The molecule has 1 unspecified atom stereocenters. The topological polar surface area (TPSA) is 48.1 Å². The van der Waals surface area contributed by atoms with Crippen LogP contribution >= 0.6 is 11.6 Å². The number of anilines is 1.